The average Bonchev–Trinajstić information content (AvgIpc) is 3.08. The van der Waals surface area contributed by atoms with Gasteiger partial charge in [-0.25, -0.2) is 9.97 Å². The molecule has 0 unspecified atom stereocenters. The van der Waals surface area contributed by atoms with E-state index in [2.05, 4.69) is 33.2 Å². The highest BCUT2D eigenvalue weighted by molar-refractivity contribution is 5.77. The number of rotatable bonds is 5. The number of H-pyrrole nitrogens is 1. The smallest absolute Gasteiger partial charge is 0.177 e. The van der Waals surface area contributed by atoms with Gasteiger partial charge in [-0.15, -0.1) is 0 Å². The van der Waals surface area contributed by atoms with Gasteiger partial charge in [-0.2, -0.15) is 0 Å². The van der Waals surface area contributed by atoms with Crippen LogP contribution in [-0.2, 0) is 6.61 Å². The van der Waals surface area contributed by atoms with Crippen LogP contribution in [0, 0.1) is 0 Å². The van der Waals surface area contributed by atoms with Crippen LogP contribution in [0.25, 0.3) is 23.3 Å². The second-order valence-electron chi connectivity index (χ2n) is 5.67. The van der Waals surface area contributed by atoms with Crippen LogP contribution in [0.4, 0.5) is 0 Å². The summed E-state index contributed by atoms with van der Waals surface area (Å²) in [4.78, 5) is 12.2. The molecule has 0 radical (unpaired) electrons. The third-order valence-electron chi connectivity index (χ3n) is 3.79. The fraction of sp³-hybridized carbons (Fsp3) is 0.0476. The van der Waals surface area contributed by atoms with Crippen molar-refractivity contribution in [2.45, 2.75) is 6.61 Å². The molecule has 122 valence electrons. The lowest BCUT2D eigenvalue weighted by atomic mass is 10.1. The van der Waals surface area contributed by atoms with E-state index in [0.717, 1.165) is 28.2 Å². The predicted octanol–water partition coefficient (Wildman–Crippen LogP) is 4.71. The Balaban J connectivity index is 1.50. The number of imidazole rings is 1. The second-order valence-corrected chi connectivity index (χ2v) is 5.67. The van der Waals surface area contributed by atoms with Crippen LogP contribution >= 0.6 is 0 Å². The summed E-state index contributed by atoms with van der Waals surface area (Å²) < 4.78 is 5.72. The molecular weight excluding hydrogens is 310 g/mol. The number of aromatic amines is 1. The van der Waals surface area contributed by atoms with Crippen LogP contribution in [0.1, 0.15) is 17.0 Å². The van der Waals surface area contributed by atoms with Crippen molar-refractivity contribution in [3.8, 4) is 5.75 Å². The number of nitrogens with one attached hydrogen (secondary N) is 1. The molecule has 4 heteroatoms. The summed E-state index contributed by atoms with van der Waals surface area (Å²) in [5.74, 6) is 1.58. The van der Waals surface area contributed by atoms with E-state index in [0.29, 0.717) is 12.3 Å². The van der Waals surface area contributed by atoms with Gasteiger partial charge in [0.15, 0.2) is 5.65 Å². The van der Waals surface area contributed by atoms with E-state index in [1.807, 2.05) is 66.9 Å². The first-order valence-corrected chi connectivity index (χ1v) is 8.12. The molecule has 0 saturated heterocycles. The largest absolute Gasteiger partial charge is 0.486 e. The fourth-order valence-electron chi connectivity index (χ4n) is 2.55. The number of hydrogen-bond acceptors (Lipinski definition) is 3. The molecule has 0 spiro atoms. The van der Waals surface area contributed by atoms with E-state index in [1.165, 1.54) is 0 Å². The molecule has 0 atom stereocenters. The summed E-state index contributed by atoms with van der Waals surface area (Å²) in [5, 5.41) is 0. The van der Waals surface area contributed by atoms with E-state index in [-0.39, 0.29) is 0 Å². The van der Waals surface area contributed by atoms with Crippen LogP contribution in [0.5, 0.6) is 5.75 Å². The number of ether oxygens (including phenoxy) is 1. The third-order valence-corrected chi connectivity index (χ3v) is 3.79. The van der Waals surface area contributed by atoms with Gasteiger partial charge in [-0.3, -0.25) is 0 Å². The van der Waals surface area contributed by atoms with E-state index in [9.17, 15) is 0 Å². The zero-order valence-electron chi connectivity index (χ0n) is 13.6. The van der Waals surface area contributed by atoms with Crippen LogP contribution in [0.3, 0.4) is 0 Å². The predicted molar refractivity (Wildman–Crippen MR) is 100 cm³/mol. The van der Waals surface area contributed by atoms with Crippen LogP contribution in [0.2, 0.25) is 0 Å². The monoisotopic (exact) mass is 327 g/mol. The summed E-state index contributed by atoms with van der Waals surface area (Å²) in [6.07, 6.45) is 5.94. The quantitative estimate of drug-likeness (QED) is 0.577. The highest BCUT2D eigenvalue weighted by Crippen LogP contribution is 2.15. The molecule has 2 aromatic heterocycles. The van der Waals surface area contributed by atoms with Gasteiger partial charge in [-0.05, 0) is 29.3 Å². The minimum absolute atomic E-state index is 0.384. The molecule has 4 rings (SSSR count). The minimum Gasteiger partial charge on any atom is -0.486 e. The van der Waals surface area contributed by atoms with Crippen molar-refractivity contribution in [2.24, 2.45) is 0 Å². The summed E-state index contributed by atoms with van der Waals surface area (Å²) in [7, 11) is 0. The molecule has 4 aromatic rings. The fourth-order valence-corrected chi connectivity index (χ4v) is 2.55. The van der Waals surface area contributed by atoms with Gasteiger partial charge in [0.1, 0.15) is 18.2 Å². The normalized spacial score (nSPS) is 11.2. The van der Waals surface area contributed by atoms with Crippen molar-refractivity contribution in [1.82, 2.24) is 15.0 Å². The Morgan fingerprint density at radius 3 is 2.40 bits per heavy atom. The molecule has 0 bridgehead atoms. The highest BCUT2D eigenvalue weighted by Gasteiger charge is 2.05. The first kappa shape index (κ1) is 15.1. The van der Waals surface area contributed by atoms with Crippen molar-refractivity contribution < 1.29 is 4.74 Å². The summed E-state index contributed by atoms with van der Waals surface area (Å²) in [6, 6.07) is 21.9. The number of para-hydroxylation sites is 1. The van der Waals surface area contributed by atoms with Gasteiger partial charge >= 0.3 is 0 Å². The Morgan fingerprint density at radius 2 is 1.60 bits per heavy atom. The lowest BCUT2D eigenvalue weighted by molar-refractivity contribution is 0.297. The van der Waals surface area contributed by atoms with E-state index < -0.39 is 0 Å². The first-order valence-electron chi connectivity index (χ1n) is 8.12. The highest BCUT2D eigenvalue weighted by atomic mass is 16.5. The molecule has 0 fully saturated rings. The average molecular weight is 327 g/mol. The Kier molecular flexibility index (Phi) is 4.25. The zero-order valence-corrected chi connectivity index (χ0v) is 13.6. The number of pyridine rings is 1. The van der Waals surface area contributed by atoms with Crippen molar-refractivity contribution in [2.75, 3.05) is 0 Å². The molecule has 4 nitrogen and oxygen atoms in total. The molecule has 2 heterocycles. The van der Waals surface area contributed by atoms with E-state index in [1.54, 1.807) is 0 Å². The minimum atomic E-state index is 0.384. The van der Waals surface area contributed by atoms with Gasteiger partial charge in [0.2, 0.25) is 0 Å². The van der Waals surface area contributed by atoms with Crippen LogP contribution in [0.15, 0.2) is 72.9 Å². The maximum atomic E-state index is 5.72. The molecule has 0 amide bonds. The molecule has 25 heavy (non-hydrogen) atoms. The van der Waals surface area contributed by atoms with Crippen molar-refractivity contribution in [1.29, 1.82) is 0 Å². The van der Waals surface area contributed by atoms with Crippen molar-refractivity contribution >= 4 is 23.3 Å². The van der Waals surface area contributed by atoms with E-state index >= 15 is 0 Å². The number of hydrogen-bond donors (Lipinski definition) is 1. The number of aromatic nitrogens is 3. The zero-order chi connectivity index (χ0) is 16.9. The SMILES string of the molecule is C(=C\c1cnc2nc(COc3ccccc3)[nH]c2c1)/c1ccccc1. The van der Waals surface area contributed by atoms with Gasteiger partial charge in [0.05, 0.1) is 5.52 Å². The van der Waals surface area contributed by atoms with Gasteiger partial charge in [-0.1, -0.05) is 60.7 Å². The molecule has 0 aliphatic rings. The first-order chi connectivity index (χ1) is 12.4. The van der Waals surface area contributed by atoms with Crippen LogP contribution < -0.4 is 4.74 Å². The molecule has 2 aromatic carbocycles. The van der Waals surface area contributed by atoms with Crippen molar-refractivity contribution in [3.63, 3.8) is 0 Å². The van der Waals surface area contributed by atoms with Gasteiger partial charge in [0.25, 0.3) is 0 Å². The lowest BCUT2D eigenvalue weighted by Crippen LogP contribution is -1.96. The number of benzene rings is 2. The topological polar surface area (TPSA) is 50.8 Å². The Hall–Kier alpha value is -3.40. The van der Waals surface area contributed by atoms with Crippen LogP contribution in [-0.4, -0.2) is 15.0 Å². The van der Waals surface area contributed by atoms with E-state index in [4.69, 9.17) is 4.74 Å². The van der Waals surface area contributed by atoms with Gasteiger partial charge in [0, 0.05) is 6.20 Å². The second kappa shape index (κ2) is 7.01. The number of fused-ring (bicyclic) bond motifs is 1. The van der Waals surface area contributed by atoms with Gasteiger partial charge < -0.3 is 9.72 Å². The molecule has 0 saturated carbocycles. The maximum Gasteiger partial charge on any atom is 0.177 e. The molecular formula is C21H17N3O. The Morgan fingerprint density at radius 1 is 0.880 bits per heavy atom. The molecule has 0 aliphatic carbocycles. The molecule has 0 aliphatic heterocycles. The Labute approximate surface area is 145 Å². The Bertz CT molecular complexity index is 992. The summed E-state index contributed by atoms with van der Waals surface area (Å²) in [6.45, 7) is 0.384. The third kappa shape index (κ3) is 3.75. The maximum absolute atomic E-state index is 5.72. The number of nitrogens with zero attached hydrogens (tertiary/aromatic N) is 2. The summed E-state index contributed by atoms with van der Waals surface area (Å²) >= 11 is 0. The molecule has 1 N–H and O–H groups in total. The lowest BCUT2D eigenvalue weighted by Gasteiger charge is -2.02. The summed E-state index contributed by atoms with van der Waals surface area (Å²) in [5.41, 5.74) is 3.78. The standard InChI is InChI=1S/C21H17N3O/c1-3-7-16(8-4-1)11-12-17-13-19-21(22-14-17)24-20(23-19)15-25-18-9-5-2-6-10-18/h1-14H,15H2,(H,22,23,24)/b12-11+. The van der Waals surface area contributed by atoms with Crippen molar-refractivity contribution in [3.05, 3.63) is 89.9 Å².